The molecule has 1 saturated heterocycles. The van der Waals surface area contributed by atoms with E-state index in [0.29, 0.717) is 32.0 Å². The number of carbonyl (C=O) groups is 1. The van der Waals surface area contributed by atoms with Crippen molar-refractivity contribution in [2.24, 2.45) is 5.92 Å². The first-order chi connectivity index (χ1) is 6.07. The molecule has 0 aliphatic carbocycles. The molecule has 13 heavy (non-hydrogen) atoms. The molecule has 0 bridgehead atoms. The Morgan fingerprint density at radius 1 is 1.38 bits per heavy atom. The average molecular weight is 186 g/mol. The number of carbonyl (C=O) groups excluding carboxylic acids is 1. The van der Waals surface area contributed by atoms with E-state index in [1.165, 1.54) is 0 Å². The zero-order valence-electron chi connectivity index (χ0n) is 8.63. The molecule has 1 heterocycles. The van der Waals surface area contributed by atoms with Gasteiger partial charge in [0.25, 0.3) is 0 Å². The van der Waals surface area contributed by atoms with Crippen LogP contribution in [-0.4, -0.2) is 24.8 Å². The van der Waals surface area contributed by atoms with Gasteiger partial charge in [-0.15, -0.1) is 0 Å². The van der Waals surface area contributed by atoms with Crippen LogP contribution in [0, 0.1) is 5.92 Å². The van der Waals surface area contributed by atoms with Crippen molar-refractivity contribution in [2.75, 3.05) is 13.2 Å². The van der Waals surface area contributed by atoms with Gasteiger partial charge in [-0.1, -0.05) is 13.8 Å². The third kappa shape index (κ3) is 2.51. The number of hydrogen-bond donors (Lipinski definition) is 0. The maximum Gasteiger partial charge on any atom is 0.171 e. The Morgan fingerprint density at radius 2 is 1.92 bits per heavy atom. The highest BCUT2D eigenvalue weighted by atomic mass is 16.7. The third-order valence-corrected chi connectivity index (χ3v) is 2.48. The Balaban J connectivity index is 2.52. The number of Topliss-reactive ketones (excluding diaryl/α,β-unsaturated/α-hetero) is 1. The fourth-order valence-electron chi connectivity index (χ4n) is 1.59. The molecule has 0 atom stereocenters. The molecule has 3 nitrogen and oxygen atoms in total. The number of ether oxygens (including phenoxy) is 2. The number of rotatable bonds is 4. The fraction of sp³-hybridized carbons (Fsp3) is 0.900. The van der Waals surface area contributed by atoms with Crippen LogP contribution in [0.5, 0.6) is 0 Å². The van der Waals surface area contributed by atoms with Gasteiger partial charge >= 0.3 is 0 Å². The van der Waals surface area contributed by atoms with Crippen LogP contribution in [0.3, 0.4) is 0 Å². The standard InChI is InChI=1S/C10H18O3/c1-8(2)10(5-4-9(3)11)12-6-7-13-10/h8H,4-7H2,1-3H3. The van der Waals surface area contributed by atoms with E-state index in [0.717, 1.165) is 0 Å². The van der Waals surface area contributed by atoms with E-state index < -0.39 is 5.79 Å². The van der Waals surface area contributed by atoms with Crippen molar-refractivity contribution in [2.45, 2.75) is 39.4 Å². The molecule has 1 aliphatic heterocycles. The molecular weight excluding hydrogens is 168 g/mol. The molecule has 76 valence electrons. The van der Waals surface area contributed by atoms with Crippen molar-refractivity contribution in [1.29, 1.82) is 0 Å². The van der Waals surface area contributed by atoms with Crippen LogP contribution in [0.4, 0.5) is 0 Å². The van der Waals surface area contributed by atoms with Crippen LogP contribution in [0.25, 0.3) is 0 Å². The molecule has 0 aromatic heterocycles. The lowest BCUT2D eigenvalue weighted by atomic mass is 9.97. The van der Waals surface area contributed by atoms with Crippen LogP contribution >= 0.6 is 0 Å². The maximum atomic E-state index is 10.9. The van der Waals surface area contributed by atoms with E-state index >= 15 is 0 Å². The molecule has 0 amide bonds. The monoisotopic (exact) mass is 186 g/mol. The molecule has 0 unspecified atom stereocenters. The highest BCUT2D eigenvalue weighted by Gasteiger charge is 2.39. The molecule has 0 N–H and O–H groups in total. The second kappa shape index (κ2) is 4.20. The van der Waals surface area contributed by atoms with Gasteiger partial charge in [0.2, 0.25) is 0 Å². The summed E-state index contributed by atoms with van der Waals surface area (Å²) in [5.74, 6) is -0.000417. The summed E-state index contributed by atoms with van der Waals surface area (Å²) in [6.07, 6.45) is 1.22. The van der Waals surface area contributed by atoms with E-state index in [9.17, 15) is 4.79 Å². The highest BCUT2D eigenvalue weighted by Crippen LogP contribution is 2.32. The third-order valence-electron chi connectivity index (χ3n) is 2.48. The van der Waals surface area contributed by atoms with Crippen LogP contribution in [0.2, 0.25) is 0 Å². The molecule has 3 heteroatoms. The van der Waals surface area contributed by atoms with Gasteiger partial charge in [0.1, 0.15) is 5.78 Å². The van der Waals surface area contributed by atoms with Gasteiger partial charge in [0, 0.05) is 18.8 Å². The minimum Gasteiger partial charge on any atom is -0.347 e. The summed E-state index contributed by atoms with van der Waals surface area (Å²) < 4.78 is 11.2. The van der Waals surface area contributed by atoms with Crippen LogP contribution < -0.4 is 0 Å². The summed E-state index contributed by atoms with van der Waals surface area (Å²) in [6, 6.07) is 0. The minimum absolute atomic E-state index is 0.194. The van der Waals surface area contributed by atoms with Crippen molar-refractivity contribution in [3.8, 4) is 0 Å². The zero-order chi connectivity index (χ0) is 9.90. The van der Waals surface area contributed by atoms with Crippen molar-refractivity contribution in [3.63, 3.8) is 0 Å². The molecule has 0 saturated carbocycles. The lowest BCUT2D eigenvalue weighted by Crippen LogP contribution is -2.36. The first kappa shape index (κ1) is 10.7. The van der Waals surface area contributed by atoms with Gasteiger partial charge in [-0.3, -0.25) is 0 Å². The van der Waals surface area contributed by atoms with E-state index in [4.69, 9.17) is 9.47 Å². The van der Waals surface area contributed by atoms with Crippen molar-refractivity contribution >= 4 is 5.78 Å². The van der Waals surface area contributed by atoms with Gasteiger partial charge in [0.15, 0.2) is 5.79 Å². The van der Waals surface area contributed by atoms with Crippen molar-refractivity contribution in [3.05, 3.63) is 0 Å². The number of ketones is 1. The Morgan fingerprint density at radius 3 is 2.31 bits per heavy atom. The predicted molar refractivity (Wildman–Crippen MR) is 49.4 cm³/mol. The molecule has 1 aliphatic rings. The summed E-state index contributed by atoms with van der Waals surface area (Å²) >= 11 is 0. The molecule has 0 aromatic carbocycles. The second-order valence-electron chi connectivity index (χ2n) is 3.87. The molecule has 0 radical (unpaired) electrons. The quantitative estimate of drug-likeness (QED) is 0.671. The van der Waals surface area contributed by atoms with E-state index in [1.54, 1.807) is 6.92 Å². The number of hydrogen-bond acceptors (Lipinski definition) is 3. The minimum atomic E-state index is -0.494. The van der Waals surface area contributed by atoms with Gasteiger partial charge in [-0.05, 0) is 6.92 Å². The maximum absolute atomic E-state index is 10.9. The first-order valence-corrected chi connectivity index (χ1v) is 4.84. The fourth-order valence-corrected chi connectivity index (χ4v) is 1.59. The SMILES string of the molecule is CC(=O)CCC1(C(C)C)OCCO1. The van der Waals surface area contributed by atoms with E-state index in [-0.39, 0.29) is 5.78 Å². The Bertz CT molecular complexity index is 181. The lowest BCUT2D eigenvalue weighted by Gasteiger charge is -2.31. The summed E-state index contributed by atoms with van der Waals surface area (Å²) in [5.41, 5.74) is 0. The molecular formula is C10H18O3. The Kier molecular flexibility index (Phi) is 3.45. The summed E-state index contributed by atoms with van der Waals surface area (Å²) in [7, 11) is 0. The Hall–Kier alpha value is -0.410. The zero-order valence-corrected chi connectivity index (χ0v) is 8.63. The lowest BCUT2D eigenvalue weighted by molar-refractivity contribution is -0.193. The average Bonchev–Trinajstić information content (AvgIpc) is 2.50. The van der Waals surface area contributed by atoms with Gasteiger partial charge in [0.05, 0.1) is 13.2 Å². The van der Waals surface area contributed by atoms with Crippen LogP contribution in [0.1, 0.15) is 33.6 Å². The first-order valence-electron chi connectivity index (χ1n) is 4.84. The molecule has 0 spiro atoms. The normalized spacial score (nSPS) is 20.9. The van der Waals surface area contributed by atoms with Gasteiger partial charge in [-0.2, -0.15) is 0 Å². The second-order valence-corrected chi connectivity index (χ2v) is 3.87. The summed E-state index contributed by atoms with van der Waals surface area (Å²) in [5, 5.41) is 0. The van der Waals surface area contributed by atoms with Gasteiger partial charge in [-0.25, -0.2) is 0 Å². The summed E-state index contributed by atoms with van der Waals surface area (Å²) in [4.78, 5) is 10.9. The molecule has 1 fully saturated rings. The van der Waals surface area contributed by atoms with Crippen LogP contribution in [-0.2, 0) is 14.3 Å². The highest BCUT2D eigenvalue weighted by molar-refractivity contribution is 5.75. The predicted octanol–water partition coefficient (Wildman–Crippen LogP) is 1.75. The smallest absolute Gasteiger partial charge is 0.171 e. The van der Waals surface area contributed by atoms with Crippen molar-refractivity contribution < 1.29 is 14.3 Å². The van der Waals surface area contributed by atoms with Gasteiger partial charge < -0.3 is 14.3 Å². The Labute approximate surface area is 79.4 Å². The summed E-state index contributed by atoms with van der Waals surface area (Å²) in [6.45, 7) is 7.02. The largest absolute Gasteiger partial charge is 0.347 e. The topological polar surface area (TPSA) is 35.5 Å². The van der Waals surface area contributed by atoms with E-state index in [2.05, 4.69) is 13.8 Å². The van der Waals surface area contributed by atoms with Crippen molar-refractivity contribution in [1.82, 2.24) is 0 Å². The molecule has 0 aromatic rings. The van der Waals surface area contributed by atoms with E-state index in [1.807, 2.05) is 0 Å². The van der Waals surface area contributed by atoms with Crippen LogP contribution in [0.15, 0.2) is 0 Å². The molecule has 1 rings (SSSR count).